The molecule has 1 amide bonds. The first kappa shape index (κ1) is 15.8. The summed E-state index contributed by atoms with van der Waals surface area (Å²) in [7, 11) is 1.48. The zero-order valence-corrected chi connectivity index (χ0v) is 11.2. The van der Waals surface area contributed by atoms with Gasteiger partial charge in [0.25, 0.3) is 0 Å². The molecule has 0 aliphatic rings. The Hall–Kier alpha value is -2.26. The van der Waals surface area contributed by atoms with Crippen LogP contribution in [0.3, 0.4) is 0 Å². The number of Topliss-reactive ketones (excluding diaryl/α,β-unsaturated/α-hetero) is 1. The van der Waals surface area contributed by atoms with Crippen LogP contribution in [0, 0.1) is 23.1 Å². The fraction of sp³-hybridized carbons (Fsp3) is 0.357. The van der Waals surface area contributed by atoms with Crippen molar-refractivity contribution in [3.05, 3.63) is 35.6 Å². The second-order valence-electron chi connectivity index (χ2n) is 4.30. The van der Waals surface area contributed by atoms with Gasteiger partial charge in [-0.15, -0.1) is 0 Å². The van der Waals surface area contributed by atoms with Gasteiger partial charge in [0.15, 0.2) is 11.7 Å². The number of amides is 1. The summed E-state index contributed by atoms with van der Waals surface area (Å²) in [6.45, 7) is 1.97. The Kier molecular flexibility index (Phi) is 5.81. The Bertz CT molecular complexity index is 522. The smallest absolute Gasteiger partial charge is 0.245 e. The first-order valence-electron chi connectivity index (χ1n) is 5.98. The van der Waals surface area contributed by atoms with Gasteiger partial charge in [0.1, 0.15) is 5.82 Å². The third-order valence-electron chi connectivity index (χ3n) is 2.59. The maximum Gasteiger partial charge on any atom is 0.245 e. The van der Waals surface area contributed by atoms with Gasteiger partial charge in [-0.1, -0.05) is 0 Å². The Morgan fingerprint density at radius 1 is 1.40 bits per heavy atom. The molecule has 0 unspecified atom stereocenters. The van der Waals surface area contributed by atoms with Gasteiger partial charge in [-0.2, -0.15) is 5.26 Å². The number of carbonyl (C=O) groups excluding carboxylic acids is 2. The number of carbonyl (C=O) groups is 2. The number of hydrogen-bond acceptors (Lipinski definition) is 4. The number of ether oxygens (including phenoxy) is 1. The minimum absolute atomic E-state index is 0.118. The first-order valence-corrected chi connectivity index (χ1v) is 5.98. The Morgan fingerprint density at radius 2 is 2.00 bits per heavy atom. The molecule has 0 saturated carbocycles. The molecule has 0 radical (unpaired) electrons. The summed E-state index contributed by atoms with van der Waals surface area (Å²) in [4.78, 5) is 23.9. The Balaban J connectivity index is 2.80. The Labute approximate surface area is 116 Å². The molecule has 0 aliphatic carbocycles. The minimum atomic E-state index is -1.46. The molecule has 0 saturated heterocycles. The molecule has 0 spiro atoms. The second-order valence-corrected chi connectivity index (χ2v) is 4.30. The number of hydrogen-bond donors (Lipinski definition) is 1. The van der Waals surface area contributed by atoms with Crippen LogP contribution in [0.4, 0.5) is 4.39 Å². The lowest BCUT2D eigenvalue weighted by molar-refractivity contribution is -0.123. The van der Waals surface area contributed by atoms with E-state index >= 15 is 0 Å². The number of nitriles is 1. The van der Waals surface area contributed by atoms with Crippen molar-refractivity contribution in [1.29, 1.82) is 5.26 Å². The van der Waals surface area contributed by atoms with Crippen molar-refractivity contribution in [3.63, 3.8) is 0 Å². The van der Waals surface area contributed by atoms with E-state index in [1.807, 2.05) is 0 Å². The summed E-state index contributed by atoms with van der Waals surface area (Å²) in [6.07, 6.45) is 0. The van der Waals surface area contributed by atoms with Gasteiger partial charge in [-0.05, 0) is 31.2 Å². The molecule has 5 nitrogen and oxygen atoms in total. The van der Waals surface area contributed by atoms with Crippen LogP contribution in [0.5, 0.6) is 0 Å². The van der Waals surface area contributed by atoms with E-state index in [1.165, 1.54) is 19.2 Å². The van der Waals surface area contributed by atoms with Crippen LogP contribution in [0.2, 0.25) is 0 Å². The third-order valence-corrected chi connectivity index (χ3v) is 2.59. The third kappa shape index (κ3) is 4.14. The highest BCUT2D eigenvalue weighted by atomic mass is 19.1. The van der Waals surface area contributed by atoms with E-state index in [4.69, 9.17) is 10.00 Å². The molecule has 1 aromatic carbocycles. The summed E-state index contributed by atoms with van der Waals surface area (Å²) in [6, 6.07) is 6.05. The highest BCUT2D eigenvalue weighted by Gasteiger charge is 2.28. The maximum absolute atomic E-state index is 12.8. The number of halogens is 1. The van der Waals surface area contributed by atoms with Crippen molar-refractivity contribution in [2.75, 3.05) is 13.7 Å². The monoisotopic (exact) mass is 278 g/mol. The second kappa shape index (κ2) is 7.36. The highest BCUT2D eigenvalue weighted by molar-refractivity contribution is 6.12. The average molecular weight is 278 g/mol. The number of nitrogens with zero attached hydrogens (tertiary/aromatic N) is 1. The largest absolute Gasteiger partial charge is 0.383 e. The van der Waals surface area contributed by atoms with Crippen LogP contribution >= 0.6 is 0 Å². The van der Waals surface area contributed by atoms with Crippen molar-refractivity contribution in [2.45, 2.75) is 13.0 Å². The molecule has 2 atom stereocenters. The molecule has 0 aromatic heterocycles. The SMILES string of the molecule is COC[C@H](C)NC(=O)[C@H](C#N)C(=O)c1ccc(F)cc1. The highest BCUT2D eigenvalue weighted by Crippen LogP contribution is 2.10. The lowest BCUT2D eigenvalue weighted by atomic mass is 9.98. The lowest BCUT2D eigenvalue weighted by Gasteiger charge is -2.15. The molecule has 20 heavy (non-hydrogen) atoms. The molecular formula is C14H15FN2O3. The standard InChI is InChI=1S/C14H15FN2O3/c1-9(8-20-2)17-14(19)12(7-16)13(18)10-3-5-11(15)6-4-10/h3-6,9,12H,8H2,1-2H3,(H,17,19)/t9-,12+/m0/s1. The summed E-state index contributed by atoms with van der Waals surface area (Å²) in [5, 5.41) is 11.5. The van der Waals surface area contributed by atoms with E-state index in [0.717, 1.165) is 12.1 Å². The number of methoxy groups -OCH3 is 1. The number of benzene rings is 1. The molecule has 6 heteroatoms. The minimum Gasteiger partial charge on any atom is -0.383 e. The van der Waals surface area contributed by atoms with Gasteiger partial charge in [0.05, 0.1) is 12.7 Å². The van der Waals surface area contributed by atoms with Crippen molar-refractivity contribution < 1.29 is 18.7 Å². The van der Waals surface area contributed by atoms with Crippen molar-refractivity contribution >= 4 is 11.7 Å². The molecule has 0 bridgehead atoms. The van der Waals surface area contributed by atoms with Gasteiger partial charge < -0.3 is 10.1 Å². The molecule has 1 rings (SSSR count). The summed E-state index contributed by atoms with van der Waals surface area (Å²) in [5.74, 6) is -3.30. The van der Waals surface area contributed by atoms with Crippen molar-refractivity contribution in [1.82, 2.24) is 5.32 Å². The molecule has 1 N–H and O–H groups in total. The molecule has 1 aromatic rings. The van der Waals surface area contributed by atoms with E-state index in [0.29, 0.717) is 0 Å². The van der Waals surface area contributed by atoms with E-state index in [9.17, 15) is 14.0 Å². The van der Waals surface area contributed by atoms with Crippen LogP contribution in [-0.4, -0.2) is 31.4 Å². The molecule has 0 aliphatic heterocycles. The van der Waals surface area contributed by atoms with Crippen molar-refractivity contribution in [3.8, 4) is 6.07 Å². The fourth-order valence-corrected chi connectivity index (χ4v) is 1.63. The van der Waals surface area contributed by atoms with Crippen LogP contribution in [0.1, 0.15) is 17.3 Å². The average Bonchev–Trinajstić information content (AvgIpc) is 2.40. The predicted octanol–water partition coefficient (Wildman–Crippen LogP) is 1.30. The zero-order valence-electron chi connectivity index (χ0n) is 11.2. The van der Waals surface area contributed by atoms with Crippen LogP contribution in [-0.2, 0) is 9.53 Å². The Morgan fingerprint density at radius 3 is 2.50 bits per heavy atom. The predicted molar refractivity (Wildman–Crippen MR) is 69.3 cm³/mol. The first-order chi connectivity index (χ1) is 9.49. The van der Waals surface area contributed by atoms with E-state index in [2.05, 4.69) is 5.32 Å². The van der Waals surface area contributed by atoms with Crippen LogP contribution < -0.4 is 5.32 Å². The summed E-state index contributed by atoms with van der Waals surface area (Å²) in [5.41, 5.74) is 0.118. The maximum atomic E-state index is 12.8. The van der Waals surface area contributed by atoms with Gasteiger partial charge in [0, 0.05) is 18.7 Å². The number of rotatable bonds is 6. The molecule has 0 heterocycles. The normalized spacial score (nSPS) is 13.1. The van der Waals surface area contributed by atoms with E-state index in [-0.39, 0.29) is 18.2 Å². The number of ketones is 1. The quantitative estimate of drug-likeness (QED) is 0.628. The van der Waals surface area contributed by atoms with Gasteiger partial charge >= 0.3 is 0 Å². The van der Waals surface area contributed by atoms with Crippen LogP contribution in [0.15, 0.2) is 24.3 Å². The fourth-order valence-electron chi connectivity index (χ4n) is 1.63. The topological polar surface area (TPSA) is 79.2 Å². The van der Waals surface area contributed by atoms with Gasteiger partial charge in [-0.25, -0.2) is 4.39 Å². The van der Waals surface area contributed by atoms with Crippen LogP contribution in [0.25, 0.3) is 0 Å². The number of nitrogens with one attached hydrogen (secondary N) is 1. The van der Waals surface area contributed by atoms with E-state index < -0.39 is 23.4 Å². The lowest BCUT2D eigenvalue weighted by Crippen LogP contribution is -2.41. The molecule has 106 valence electrons. The van der Waals surface area contributed by atoms with Crippen molar-refractivity contribution in [2.24, 2.45) is 5.92 Å². The molecule has 0 fully saturated rings. The van der Waals surface area contributed by atoms with Gasteiger partial charge in [0.2, 0.25) is 5.91 Å². The van der Waals surface area contributed by atoms with Gasteiger partial charge in [-0.3, -0.25) is 9.59 Å². The summed E-state index contributed by atoms with van der Waals surface area (Å²) < 4.78 is 17.6. The molecular weight excluding hydrogens is 263 g/mol. The summed E-state index contributed by atoms with van der Waals surface area (Å²) >= 11 is 0. The van der Waals surface area contributed by atoms with E-state index in [1.54, 1.807) is 13.0 Å². The zero-order chi connectivity index (χ0) is 15.1.